The predicted octanol–water partition coefficient (Wildman–Crippen LogP) is 4.30. The van der Waals surface area contributed by atoms with Gasteiger partial charge in [0.05, 0.1) is 12.2 Å². The van der Waals surface area contributed by atoms with Crippen LogP contribution in [0.15, 0.2) is 48.5 Å². The Morgan fingerprint density at radius 3 is 2.74 bits per heavy atom. The molecule has 1 N–H and O–H groups in total. The second kappa shape index (κ2) is 9.27. The maximum Gasteiger partial charge on any atom is 0.244 e. The van der Waals surface area contributed by atoms with Crippen molar-refractivity contribution in [2.45, 2.75) is 26.9 Å². The summed E-state index contributed by atoms with van der Waals surface area (Å²) in [6.45, 7) is 6.00. The molecule has 0 spiro atoms. The van der Waals surface area contributed by atoms with Gasteiger partial charge in [0.2, 0.25) is 5.91 Å². The Balaban J connectivity index is 1.39. The third-order valence-corrected chi connectivity index (χ3v) is 5.56. The van der Waals surface area contributed by atoms with Gasteiger partial charge in [-0.25, -0.2) is 0 Å². The second-order valence-corrected chi connectivity index (χ2v) is 7.77. The van der Waals surface area contributed by atoms with Crippen molar-refractivity contribution in [2.75, 3.05) is 13.2 Å². The molecule has 0 unspecified atom stereocenters. The van der Waals surface area contributed by atoms with E-state index >= 15 is 0 Å². The predicted molar refractivity (Wildman–Crippen MR) is 121 cm³/mol. The highest BCUT2D eigenvalue weighted by Crippen LogP contribution is 2.30. The lowest BCUT2D eigenvalue weighted by Gasteiger charge is -2.18. The summed E-state index contributed by atoms with van der Waals surface area (Å²) in [5.41, 5.74) is 4.73. The molecular formula is C24H24ClN3O3. The summed E-state index contributed by atoms with van der Waals surface area (Å²) in [7, 11) is 0. The number of hydrogen-bond acceptors (Lipinski definition) is 4. The van der Waals surface area contributed by atoms with Crippen LogP contribution in [0.4, 0.5) is 0 Å². The molecule has 2 aromatic carbocycles. The van der Waals surface area contributed by atoms with Crippen molar-refractivity contribution in [2.24, 2.45) is 0 Å². The fourth-order valence-corrected chi connectivity index (χ4v) is 3.69. The van der Waals surface area contributed by atoms with Gasteiger partial charge in [-0.15, -0.1) is 0 Å². The minimum absolute atomic E-state index is 0.174. The third-order valence-electron chi connectivity index (χ3n) is 5.19. The van der Waals surface area contributed by atoms with Gasteiger partial charge in [-0.1, -0.05) is 35.9 Å². The fourth-order valence-electron chi connectivity index (χ4n) is 3.50. The Morgan fingerprint density at radius 2 is 1.94 bits per heavy atom. The number of carbonyl (C=O) groups excluding carboxylic acids is 1. The lowest BCUT2D eigenvalue weighted by Crippen LogP contribution is -2.21. The highest BCUT2D eigenvalue weighted by Gasteiger charge is 2.13. The highest BCUT2D eigenvalue weighted by atomic mass is 35.5. The Labute approximate surface area is 186 Å². The number of nitrogens with zero attached hydrogens (tertiary/aromatic N) is 2. The molecule has 1 aromatic heterocycles. The van der Waals surface area contributed by atoms with Crippen LogP contribution in [0, 0.1) is 13.8 Å². The number of aryl methyl sites for hydroxylation is 1. The van der Waals surface area contributed by atoms with Gasteiger partial charge < -0.3 is 14.8 Å². The summed E-state index contributed by atoms with van der Waals surface area (Å²) in [4.78, 5) is 12.3. The molecule has 0 bridgehead atoms. The number of benzene rings is 2. The van der Waals surface area contributed by atoms with Crippen molar-refractivity contribution in [1.82, 2.24) is 15.1 Å². The molecule has 6 nitrogen and oxygen atoms in total. The van der Waals surface area contributed by atoms with Crippen LogP contribution in [-0.2, 0) is 17.9 Å². The molecular weight excluding hydrogens is 414 g/mol. The fraction of sp³-hybridized carbons (Fsp3) is 0.250. The van der Waals surface area contributed by atoms with Crippen LogP contribution in [0.1, 0.15) is 28.1 Å². The number of hydrogen-bond donors (Lipinski definition) is 1. The van der Waals surface area contributed by atoms with Gasteiger partial charge in [-0.3, -0.25) is 9.48 Å². The topological polar surface area (TPSA) is 65.4 Å². The maximum atomic E-state index is 12.3. The van der Waals surface area contributed by atoms with E-state index in [9.17, 15) is 4.79 Å². The van der Waals surface area contributed by atoms with Crippen molar-refractivity contribution < 1.29 is 14.3 Å². The van der Waals surface area contributed by atoms with Gasteiger partial charge in [-0.05, 0) is 49.2 Å². The van der Waals surface area contributed by atoms with Crippen LogP contribution < -0.4 is 14.8 Å². The first-order valence-electron chi connectivity index (χ1n) is 10.1. The zero-order valence-corrected chi connectivity index (χ0v) is 18.3. The molecule has 1 aliphatic rings. The van der Waals surface area contributed by atoms with E-state index in [1.807, 2.05) is 61.0 Å². The summed E-state index contributed by atoms with van der Waals surface area (Å²) in [6, 6.07) is 13.4. The van der Waals surface area contributed by atoms with Crippen molar-refractivity contribution in [1.29, 1.82) is 0 Å². The average molecular weight is 438 g/mol. The second-order valence-electron chi connectivity index (χ2n) is 7.36. The number of rotatable bonds is 6. The molecule has 0 saturated heterocycles. The zero-order valence-electron chi connectivity index (χ0n) is 17.5. The Hall–Kier alpha value is -3.25. The SMILES string of the molecule is Cc1nn(Cc2ccccc2Cl)c(C)c1/C=C/C(=O)NCc1ccc2c(c1)OCCO2. The van der Waals surface area contributed by atoms with Crippen molar-refractivity contribution in [3.63, 3.8) is 0 Å². The van der Waals surface area contributed by atoms with Gasteiger partial charge in [0, 0.05) is 28.9 Å². The molecule has 31 heavy (non-hydrogen) atoms. The first-order valence-corrected chi connectivity index (χ1v) is 10.5. The van der Waals surface area contributed by atoms with Crippen molar-refractivity contribution >= 4 is 23.6 Å². The largest absolute Gasteiger partial charge is 0.486 e. The molecule has 1 aliphatic heterocycles. The van der Waals surface area contributed by atoms with E-state index in [1.54, 1.807) is 6.08 Å². The summed E-state index contributed by atoms with van der Waals surface area (Å²) in [6.07, 6.45) is 3.34. The van der Waals surface area contributed by atoms with E-state index in [4.69, 9.17) is 21.1 Å². The quantitative estimate of drug-likeness (QED) is 0.584. The summed E-state index contributed by atoms with van der Waals surface area (Å²) < 4.78 is 13.0. The Bertz CT molecular complexity index is 1140. The summed E-state index contributed by atoms with van der Waals surface area (Å²) >= 11 is 6.28. The molecule has 7 heteroatoms. The highest BCUT2D eigenvalue weighted by molar-refractivity contribution is 6.31. The molecule has 0 aliphatic carbocycles. The molecule has 0 fully saturated rings. The summed E-state index contributed by atoms with van der Waals surface area (Å²) in [5.74, 6) is 1.28. The van der Waals surface area contributed by atoms with E-state index in [-0.39, 0.29) is 5.91 Å². The molecule has 2 heterocycles. The minimum atomic E-state index is -0.174. The first-order chi connectivity index (χ1) is 15.0. The summed E-state index contributed by atoms with van der Waals surface area (Å²) in [5, 5.41) is 8.22. The number of aromatic nitrogens is 2. The Morgan fingerprint density at radius 1 is 1.16 bits per heavy atom. The number of ether oxygens (including phenoxy) is 2. The number of amides is 1. The van der Waals surface area contributed by atoms with Crippen LogP contribution in [0.25, 0.3) is 6.08 Å². The number of nitrogens with one attached hydrogen (secondary N) is 1. The molecule has 1 amide bonds. The average Bonchev–Trinajstić information content (AvgIpc) is 3.04. The van der Waals surface area contributed by atoms with Crippen LogP contribution in [0.2, 0.25) is 5.02 Å². The van der Waals surface area contributed by atoms with Gasteiger partial charge in [0.1, 0.15) is 13.2 Å². The lowest BCUT2D eigenvalue weighted by molar-refractivity contribution is -0.116. The normalized spacial score (nSPS) is 12.9. The van der Waals surface area contributed by atoms with Gasteiger partial charge >= 0.3 is 0 Å². The number of halogens is 1. The van der Waals surface area contributed by atoms with E-state index in [0.29, 0.717) is 37.1 Å². The molecule has 0 radical (unpaired) electrons. The smallest absolute Gasteiger partial charge is 0.244 e. The lowest BCUT2D eigenvalue weighted by atomic mass is 10.1. The number of carbonyl (C=O) groups is 1. The van der Waals surface area contributed by atoms with Gasteiger partial charge in [-0.2, -0.15) is 5.10 Å². The molecule has 0 atom stereocenters. The van der Waals surface area contributed by atoms with Crippen LogP contribution in [0.3, 0.4) is 0 Å². The molecule has 0 saturated carbocycles. The zero-order chi connectivity index (χ0) is 21.8. The van der Waals surface area contributed by atoms with Crippen LogP contribution in [0.5, 0.6) is 11.5 Å². The van der Waals surface area contributed by atoms with Gasteiger partial charge in [0.15, 0.2) is 11.5 Å². The van der Waals surface area contributed by atoms with Crippen molar-refractivity contribution in [3.8, 4) is 11.5 Å². The van der Waals surface area contributed by atoms with E-state index in [0.717, 1.165) is 33.8 Å². The standard InChI is InChI=1S/C24H24ClN3O3/c1-16-20(17(2)28(27-16)15-19-5-3-4-6-21(19)25)8-10-24(29)26-14-18-7-9-22-23(13-18)31-12-11-30-22/h3-10,13H,11-12,14-15H2,1-2H3,(H,26,29)/b10-8+. The maximum absolute atomic E-state index is 12.3. The van der Waals surface area contributed by atoms with Crippen LogP contribution in [-0.4, -0.2) is 28.9 Å². The minimum Gasteiger partial charge on any atom is -0.486 e. The van der Waals surface area contributed by atoms with E-state index < -0.39 is 0 Å². The molecule has 160 valence electrons. The number of fused-ring (bicyclic) bond motifs is 1. The Kier molecular flexibility index (Phi) is 6.28. The monoisotopic (exact) mass is 437 g/mol. The van der Waals surface area contributed by atoms with E-state index in [2.05, 4.69) is 10.4 Å². The molecule has 3 aromatic rings. The molecule has 4 rings (SSSR count). The van der Waals surface area contributed by atoms with Gasteiger partial charge in [0.25, 0.3) is 0 Å². The third kappa shape index (κ3) is 4.91. The van der Waals surface area contributed by atoms with Crippen molar-refractivity contribution in [3.05, 3.63) is 81.6 Å². The van der Waals surface area contributed by atoms with Crippen LogP contribution >= 0.6 is 11.6 Å². The van der Waals surface area contributed by atoms with E-state index in [1.165, 1.54) is 6.08 Å². The first kappa shape index (κ1) is 21.0.